The van der Waals surface area contributed by atoms with E-state index in [9.17, 15) is 14.0 Å². The van der Waals surface area contributed by atoms with E-state index < -0.39 is 6.04 Å². The van der Waals surface area contributed by atoms with Crippen LogP contribution in [0.1, 0.15) is 50.1 Å². The molecule has 0 aromatic heterocycles. The number of hydrogen-bond acceptors (Lipinski definition) is 4. The number of ketones is 1. The van der Waals surface area contributed by atoms with Crippen LogP contribution < -0.4 is 0 Å². The number of nitrogens with zero attached hydrogens (tertiary/aromatic N) is 1. The fraction of sp³-hybridized carbons (Fsp3) is 0.545. The number of benzene rings is 1. The van der Waals surface area contributed by atoms with Crippen molar-refractivity contribution in [2.45, 2.75) is 56.8 Å². The van der Waals surface area contributed by atoms with Gasteiger partial charge in [0.15, 0.2) is 11.5 Å². The molecule has 148 valence electrons. The highest BCUT2D eigenvalue weighted by atomic mass is 19.1. The van der Waals surface area contributed by atoms with Crippen LogP contribution in [-0.2, 0) is 19.1 Å². The molecule has 1 amide bonds. The average Bonchev–Trinajstić information content (AvgIpc) is 3.31. The molecule has 0 radical (unpaired) electrons. The minimum absolute atomic E-state index is 0.0310. The lowest BCUT2D eigenvalue weighted by atomic mass is 9.77. The monoisotopic (exact) mass is 385 g/mol. The summed E-state index contributed by atoms with van der Waals surface area (Å²) >= 11 is 0. The maximum Gasteiger partial charge on any atom is 0.290 e. The molecule has 0 bridgehead atoms. The highest BCUT2D eigenvalue weighted by Crippen LogP contribution is 2.47. The maximum atomic E-state index is 13.5. The number of ether oxygens (including phenoxy) is 2. The van der Waals surface area contributed by atoms with E-state index in [2.05, 4.69) is 0 Å². The molecule has 5 nitrogen and oxygen atoms in total. The summed E-state index contributed by atoms with van der Waals surface area (Å²) in [5.41, 5.74) is 1.20. The van der Waals surface area contributed by atoms with Gasteiger partial charge in [0.25, 0.3) is 5.91 Å². The first-order valence-corrected chi connectivity index (χ1v) is 10.3. The van der Waals surface area contributed by atoms with Crippen molar-refractivity contribution in [3.63, 3.8) is 0 Å². The lowest BCUT2D eigenvalue weighted by molar-refractivity contribution is -0.136. The highest BCUT2D eigenvalue weighted by Gasteiger charge is 2.52. The third-order valence-electron chi connectivity index (χ3n) is 6.47. The molecule has 4 atom stereocenters. The second-order valence-electron chi connectivity index (χ2n) is 8.20. The molecular formula is C22H24FNO4. The van der Waals surface area contributed by atoms with Crippen LogP contribution in [0.3, 0.4) is 0 Å². The Balaban J connectivity index is 1.55. The SMILES string of the molecule is O=C1C2=C(OC3CCCCC13)C(=O)N(CC1CCCO1)C2c1ccc(F)cc1. The first kappa shape index (κ1) is 17.9. The second-order valence-corrected chi connectivity index (χ2v) is 8.20. The molecule has 2 fully saturated rings. The van der Waals surface area contributed by atoms with E-state index in [1.807, 2.05) is 0 Å². The number of halogens is 1. The minimum Gasteiger partial charge on any atom is -0.483 e. The van der Waals surface area contributed by atoms with Gasteiger partial charge < -0.3 is 14.4 Å². The van der Waals surface area contributed by atoms with Gasteiger partial charge in [-0.3, -0.25) is 9.59 Å². The summed E-state index contributed by atoms with van der Waals surface area (Å²) in [7, 11) is 0. The van der Waals surface area contributed by atoms with Crippen LogP contribution in [0.25, 0.3) is 0 Å². The first-order chi connectivity index (χ1) is 13.6. The molecule has 1 aromatic rings. The number of carbonyl (C=O) groups excluding carboxylic acids is 2. The van der Waals surface area contributed by atoms with E-state index in [1.54, 1.807) is 17.0 Å². The summed E-state index contributed by atoms with van der Waals surface area (Å²) in [5, 5.41) is 0. The van der Waals surface area contributed by atoms with Crippen molar-refractivity contribution in [2.24, 2.45) is 5.92 Å². The van der Waals surface area contributed by atoms with Gasteiger partial charge >= 0.3 is 0 Å². The van der Waals surface area contributed by atoms with Crippen molar-refractivity contribution in [3.8, 4) is 0 Å². The van der Waals surface area contributed by atoms with Crippen molar-refractivity contribution in [1.29, 1.82) is 0 Å². The molecular weight excluding hydrogens is 361 g/mol. The van der Waals surface area contributed by atoms with Gasteiger partial charge in [-0.05, 0) is 49.8 Å². The second kappa shape index (κ2) is 6.99. The van der Waals surface area contributed by atoms with E-state index in [0.717, 1.165) is 44.1 Å². The van der Waals surface area contributed by atoms with Gasteiger partial charge in [0.1, 0.15) is 11.9 Å². The Kier molecular flexibility index (Phi) is 4.46. The Hall–Kier alpha value is -2.21. The van der Waals surface area contributed by atoms with Gasteiger partial charge in [-0.1, -0.05) is 18.6 Å². The molecule has 0 N–H and O–H groups in total. The van der Waals surface area contributed by atoms with Gasteiger partial charge in [0, 0.05) is 13.2 Å². The molecule has 1 saturated heterocycles. The van der Waals surface area contributed by atoms with Crippen molar-refractivity contribution >= 4 is 11.7 Å². The van der Waals surface area contributed by atoms with Crippen LogP contribution in [0.2, 0.25) is 0 Å². The standard InChI is InChI=1S/C22H24FNO4/c23-14-9-7-13(8-10-14)19-18-20(25)16-5-1-2-6-17(16)28-21(18)22(26)24(19)12-15-4-3-11-27-15/h7-10,15-17,19H,1-6,11-12H2. The smallest absolute Gasteiger partial charge is 0.290 e. The van der Waals surface area contributed by atoms with Crippen molar-refractivity contribution in [3.05, 3.63) is 47.0 Å². The summed E-state index contributed by atoms with van der Waals surface area (Å²) in [6, 6.07) is 5.54. The van der Waals surface area contributed by atoms with Crippen LogP contribution in [0, 0.1) is 11.7 Å². The van der Waals surface area contributed by atoms with Gasteiger partial charge in [0.2, 0.25) is 0 Å². The number of hydrogen-bond donors (Lipinski definition) is 0. The summed E-state index contributed by atoms with van der Waals surface area (Å²) in [4.78, 5) is 28.4. The molecule has 4 aliphatic rings. The predicted molar refractivity (Wildman–Crippen MR) is 98.7 cm³/mol. The molecule has 3 aliphatic heterocycles. The quantitative estimate of drug-likeness (QED) is 0.801. The van der Waals surface area contributed by atoms with Gasteiger partial charge in [-0.25, -0.2) is 4.39 Å². The number of fused-ring (bicyclic) bond motifs is 1. The van der Waals surface area contributed by atoms with Crippen molar-refractivity contribution < 1.29 is 23.5 Å². The van der Waals surface area contributed by atoms with Crippen LogP contribution in [0.15, 0.2) is 35.6 Å². The van der Waals surface area contributed by atoms with Gasteiger partial charge in [-0.15, -0.1) is 0 Å². The Labute approximate surface area is 163 Å². The van der Waals surface area contributed by atoms with E-state index >= 15 is 0 Å². The summed E-state index contributed by atoms with van der Waals surface area (Å²) in [6.07, 6.45) is 5.28. The molecule has 6 heteroatoms. The Morgan fingerprint density at radius 1 is 1.04 bits per heavy atom. The molecule has 3 heterocycles. The minimum atomic E-state index is -0.525. The fourth-order valence-electron chi connectivity index (χ4n) is 5.08. The largest absolute Gasteiger partial charge is 0.483 e. The van der Waals surface area contributed by atoms with Crippen molar-refractivity contribution in [2.75, 3.05) is 13.2 Å². The van der Waals surface area contributed by atoms with Crippen LogP contribution >= 0.6 is 0 Å². The van der Waals surface area contributed by atoms with E-state index in [4.69, 9.17) is 9.47 Å². The molecule has 5 rings (SSSR count). The zero-order valence-electron chi connectivity index (χ0n) is 15.7. The predicted octanol–water partition coefficient (Wildman–Crippen LogP) is 3.30. The van der Waals surface area contributed by atoms with Gasteiger partial charge in [0.05, 0.1) is 23.6 Å². The molecule has 1 saturated carbocycles. The maximum absolute atomic E-state index is 13.5. The van der Waals surface area contributed by atoms with E-state index in [1.165, 1.54) is 12.1 Å². The number of Topliss-reactive ketones (excluding diaryl/α,β-unsaturated/α-hetero) is 1. The van der Waals surface area contributed by atoms with Crippen LogP contribution in [0.5, 0.6) is 0 Å². The molecule has 4 unspecified atom stereocenters. The number of amides is 1. The zero-order chi connectivity index (χ0) is 19.3. The highest BCUT2D eigenvalue weighted by molar-refractivity contribution is 6.11. The normalized spacial score (nSPS) is 32.4. The van der Waals surface area contributed by atoms with Gasteiger partial charge in [-0.2, -0.15) is 0 Å². The zero-order valence-corrected chi connectivity index (χ0v) is 15.7. The summed E-state index contributed by atoms with van der Waals surface area (Å²) in [5.74, 6) is -0.515. The first-order valence-electron chi connectivity index (χ1n) is 10.3. The number of rotatable bonds is 3. The molecule has 0 spiro atoms. The molecule has 1 aliphatic carbocycles. The molecule has 1 aromatic carbocycles. The lowest BCUT2D eigenvalue weighted by Crippen LogP contribution is -2.39. The topological polar surface area (TPSA) is 55.8 Å². The summed E-state index contributed by atoms with van der Waals surface area (Å²) in [6.45, 7) is 1.11. The van der Waals surface area contributed by atoms with Crippen LogP contribution in [0.4, 0.5) is 4.39 Å². The third kappa shape index (κ3) is 2.85. The van der Waals surface area contributed by atoms with E-state index in [-0.39, 0.29) is 41.4 Å². The van der Waals surface area contributed by atoms with E-state index in [0.29, 0.717) is 18.7 Å². The van der Waals surface area contributed by atoms with Crippen molar-refractivity contribution in [1.82, 2.24) is 4.90 Å². The Bertz CT molecular complexity index is 827. The fourth-order valence-corrected chi connectivity index (χ4v) is 5.08. The summed E-state index contributed by atoms with van der Waals surface area (Å²) < 4.78 is 25.4. The van der Waals surface area contributed by atoms with Crippen LogP contribution in [-0.4, -0.2) is 41.9 Å². The average molecular weight is 385 g/mol. The third-order valence-corrected chi connectivity index (χ3v) is 6.47. The number of carbonyl (C=O) groups is 2. The molecule has 28 heavy (non-hydrogen) atoms. The Morgan fingerprint density at radius 2 is 1.82 bits per heavy atom. The lowest BCUT2D eigenvalue weighted by Gasteiger charge is -2.35. The Morgan fingerprint density at radius 3 is 2.57 bits per heavy atom.